The first-order valence-electron chi connectivity index (χ1n) is 5.12. The van der Waals surface area contributed by atoms with Crippen molar-refractivity contribution in [2.24, 2.45) is 5.73 Å². The Morgan fingerprint density at radius 1 is 0.750 bits per heavy atom. The molecule has 0 aromatic heterocycles. The summed E-state index contributed by atoms with van der Waals surface area (Å²) in [6.45, 7) is 3.13. The van der Waals surface area contributed by atoms with Gasteiger partial charge in [-0.05, 0) is 13.0 Å². The first kappa shape index (κ1) is 14.4. The maximum absolute atomic E-state index is 5.39. The normalized spacial score (nSPS) is 9.50. The summed E-state index contributed by atoms with van der Waals surface area (Å²) in [6.07, 6.45) is 11.0. The van der Waals surface area contributed by atoms with Gasteiger partial charge in [0.2, 0.25) is 0 Å². The van der Waals surface area contributed by atoms with Crippen LogP contribution in [-0.2, 0) is 0 Å². The van der Waals surface area contributed by atoms with Crippen LogP contribution >= 0.6 is 0 Å². The van der Waals surface area contributed by atoms with E-state index in [1.165, 1.54) is 51.4 Å². The summed E-state index contributed by atoms with van der Waals surface area (Å²) in [4.78, 5) is 0. The van der Waals surface area contributed by atoms with Crippen LogP contribution in [0.25, 0.3) is 0 Å². The third kappa shape index (κ3) is 12.6. The molecule has 0 aliphatic carbocycles. The van der Waals surface area contributed by atoms with Crippen molar-refractivity contribution in [2.75, 3.05) is 6.54 Å². The van der Waals surface area contributed by atoms with Gasteiger partial charge >= 0.3 is 0 Å². The van der Waals surface area contributed by atoms with E-state index in [2.05, 4.69) is 6.92 Å². The molecule has 0 amide bonds. The second-order valence-electron chi connectivity index (χ2n) is 3.26. The van der Waals surface area contributed by atoms with Gasteiger partial charge in [0.15, 0.2) is 0 Å². The van der Waals surface area contributed by atoms with Crippen molar-refractivity contribution in [3.63, 3.8) is 0 Å². The third-order valence-electron chi connectivity index (χ3n) is 2.06. The molecule has 0 aliphatic heterocycles. The first-order chi connectivity index (χ1) is 5.41. The van der Waals surface area contributed by atoms with E-state index in [1.807, 2.05) is 0 Å². The van der Waals surface area contributed by atoms with Gasteiger partial charge in [-0.25, -0.2) is 0 Å². The molecule has 0 saturated heterocycles. The van der Waals surface area contributed by atoms with E-state index >= 15 is 0 Å². The number of hydrogen-bond donors (Lipinski definition) is 1. The first-order valence-corrected chi connectivity index (χ1v) is 5.12. The lowest BCUT2D eigenvalue weighted by Crippen LogP contribution is -1.97. The number of halogens is 1. The van der Waals surface area contributed by atoms with Crippen molar-refractivity contribution in [3.05, 3.63) is 0 Å². The largest absolute Gasteiger partial charge is 0.330 e. The number of hydrogen-bond acceptors (Lipinski definition) is 1. The molecule has 0 bridgehead atoms. The Balaban J connectivity index is 0. The Hall–Kier alpha value is -0.110. The smallest absolute Gasteiger partial charge is 0.00773 e. The highest BCUT2D eigenvalue weighted by Crippen LogP contribution is 2.07. The molecule has 0 radical (unpaired) electrons. The van der Waals surface area contributed by atoms with Crippen LogP contribution in [0.3, 0.4) is 0 Å². The second-order valence-corrected chi connectivity index (χ2v) is 3.26. The van der Waals surface area contributed by atoms with E-state index in [9.17, 15) is 0 Å². The van der Waals surface area contributed by atoms with Crippen LogP contribution in [-0.4, -0.2) is 6.54 Å². The van der Waals surface area contributed by atoms with E-state index in [0.29, 0.717) is 0 Å². The molecule has 76 valence electrons. The topological polar surface area (TPSA) is 26.0 Å². The average molecular weight is 177 g/mol. The molecular weight excluding hydrogens is 153 g/mol. The van der Waals surface area contributed by atoms with Crippen molar-refractivity contribution in [3.8, 4) is 0 Å². The summed E-state index contributed by atoms with van der Waals surface area (Å²) in [5, 5.41) is 0. The zero-order valence-electron chi connectivity index (χ0n) is 8.35. The van der Waals surface area contributed by atoms with Crippen LogP contribution in [0.15, 0.2) is 0 Å². The highest BCUT2D eigenvalue weighted by atomic mass is 19.0. The molecule has 0 rings (SSSR count). The maximum atomic E-state index is 5.39. The average Bonchev–Trinajstić information content (AvgIpc) is 2.03. The van der Waals surface area contributed by atoms with Crippen molar-refractivity contribution in [2.45, 2.75) is 58.3 Å². The SMILES string of the molecule is CCCCCCCCCCN.F. The van der Waals surface area contributed by atoms with Crippen LogP contribution in [0.2, 0.25) is 0 Å². The Bertz CT molecular complexity index is 58.9. The van der Waals surface area contributed by atoms with Crippen LogP contribution in [0.1, 0.15) is 58.3 Å². The zero-order valence-corrected chi connectivity index (χ0v) is 8.35. The summed E-state index contributed by atoms with van der Waals surface area (Å²) >= 11 is 0. The summed E-state index contributed by atoms with van der Waals surface area (Å²) in [7, 11) is 0. The molecule has 0 saturated carbocycles. The molecule has 0 spiro atoms. The lowest BCUT2D eigenvalue weighted by molar-refractivity contribution is 0.578. The van der Waals surface area contributed by atoms with Crippen molar-refractivity contribution in [1.29, 1.82) is 0 Å². The Kier molecular flexibility index (Phi) is 16.2. The fraction of sp³-hybridized carbons (Fsp3) is 1.00. The van der Waals surface area contributed by atoms with Crippen molar-refractivity contribution in [1.82, 2.24) is 0 Å². The summed E-state index contributed by atoms with van der Waals surface area (Å²) < 4.78 is 0. The van der Waals surface area contributed by atoms with Crippen LogP contribution in [0.4, 0.5) is 4.70 Å². The predicted octanol–water partition coefficient (Wildman–Crippen LogP) is 3.24. The van der Waals surface area contributed by atoms with E-state index in [1.54, 1.807) is 0 Å². The van der Waals surface area contributed by atoms with Crippen LogP contribution in [0.5, 0.6) is 0 Å². The minimum Gasteiger partial charge on any atom is -0.330 e. The summed E-state index contributed by atoms with van der Waals surface area (Å²) in [5.41, 5.74) is 5.39. The molecule has 0 aromatic carbocycles. The van der Waals surface area contributed by atoms with Crippen molar-refractivity contribution >= 4 is 0 Å². The number of unbranched alkanes of at least 4 members (excludes halogenated alkanes) is 7. The minimum atomic E-state index is 0. The molecule has 0 aliphatic rings. The number of rotatable bonds is 8. The highest BCUT2D eigenvalue weighted by Gasteiger charge is 1.89. The van der Waals surface area contributed by atoms with Crippen molar-refractivity contribution < 1.29 is 4.70 Å². The molecule has 0 atom stereocenters. The maximum Gasteiger partial charge on any atom is -0.00773 e. The van der Waals surface area contributed by atoms with Gasteiger partial charge in [-0.15, -0.1) is 0 Å². The molecular formula is C10H24FN. The van der Waals surface area contributed by atoms with Gasteiger partial charge in [-0.1, -0.05) is 51.9 Å². The van der Waals surface area contributed by atoms with E-state index in [0.717, 1.165) is 6.54 Å². The fourth-order valence-corrected chi connectivity index (χ4v) is 1.28. The minimum absolute atomic E-state index is 0. The lowest BCUT2D eigenvalue weighted by atomic mass is 10.1. The predicted molar refractivity (Wildman–Crippen MR) is 54.2 cm³/mol. The lowest BCUT2D eigenvalue weighted by Gasteiger charge is -1.99. The van der Waals surface area contributed by atoms with Gasteiger partial charge in [-0.3, -0.25) is 4.70 Å². The molecule has 12 heavy (non-hydrogen) atoms. The van der Waals surface area contributed by atoms with Gasteiger partial charge in [0.1, 0.15) is 0 Å². The quantitative estimate of drug-likeness (QED) is 0.566. The van der Waals surface area contributed by atoms with E-state index < -0.39 is 0 Å². The third-order valence-corrected chi connectivity index (χ3v) is 2.06. The Morgan fingerprint density at radius 3 is 1.58 bits per heavy atom. The van der Waals surface area contributed by atoms with Gasteiger partial charge < -0.3 is 5.73 Å². The second kappa shape index (κ2) is 13.5. The zero-order chi connectivity index (χ0) is 8.36. The monoisotopic (exact) mass is 177 g/mol. The van der Waals surface area contributed by atoms with Gasteiger partial charge in [0.25, 0.3) is 0 Å². The highest BCUT2D eigenvalue weighted by molar-refractivity contribution is 4.45. The molecule has 0 fully saturated rings. The summed E-state index contributed by atoms with van der Waals surface area (Å²) in [6, 6.07) is 0. The Morgan fingerprint density at radius 2 is 1.17 bits per heavy atom. The van der Waals surface area contributed by atoms with Gasteiger partial charge in [0, 0.05) is 0 Å². The van der Waals surface area contributed by atoms with Crippen LogP contribution < -0.4 is 5.73 Å². The standard InChI is InChI=1S/C10H23N.FH/c1-2-3-4-5-6-7-8-9-10-11;/h2-11H2,1H3;1H. The van der Waals surface area contributed by atoms with Gasteiger partial charge in [-0.2, -0.15) is 0 Å². The molecule has 2 N–H and O–H groups in total. The molecule has 2 heteroatoms. The van der Waals surface area contributed by atoms with E-state index in [-0.39, 0.29) is 4.70 Å². The van der Waals surface area contributed by atoms with Gasteiger partial charge in [0.05, 0.1) is 0 Å². The van der Waals surface area contributed by atoms with Crippen LogP contribution in [0, 0.1) is 0 Å². The fourth-order valence-electron chi connectivity index (χ4n) is 1.28. The number of nitrogens with two attached hydrogens (primary N) is 1. The molecule has 0 heterocycles. The molecule has 0 aromatic rings. The van der Waals surface area contributed by atoms with E-state index in [4.69, 9.17) is 5.73 Å². The summed E-state index contributed by atoms with van der Waals surface area (Å²) in [5.74, 6) is 0. The molecule has 1 nitrogen and oxygen atoms in total. The Labute approximate surface area is 76.1 Å². The molecule has 0 unspecified atom stereocenters.